The van der Waals surface area contributed by atoms with Gasteiger partial charge < -0.3 is 4.74 Å². The lowest BCUT2D eigenvalue weighted by molar-refractivity contribution is 0.176. The molecule has 0 aromatic heterocycles. The Morgan fingerprint density at radius 1 is 1.44 bits per heavy atom. The van der Waals surface area contributed by atoms with Gasteiger partial charge in [0.25, 0.3) is 0 Å². The molecule has 1 fully saturated rings. The van der Waals surface area contributed by atoms with Crippen molar-refractivity contribution in [3.05, 3.63) is 12.8 Å². The summed E-state index contributed by atoms with van der Waals surface area (Å²) in [6.45, 7) is 6.58. The summed E-state index contributed by atoms with van der Waals surface area (Å²) in [5.41, 5.74) is 0.427. The summed E-state index contributed by atoms with van der Waals surface area (Å²) in [6.07, 6.45) is 8.51. The molecule has 0 spiro atoms. The van der Waals surface area contributed by atoms with Gasteiger partial charge in [0.2, 0.25) is 0 Å². The third-order valence-corrected chi connectivity index (χ3v) is 5.18. The third kappa shape index (κ3) is 4.28. The van der Waals surface area contributed by atoms with Gasteiger partial charge in [-0.05, 0) is 37.5 Å². The van der Waals surface area contributed by atoms with Crippen LogP contribution in [0.5, 0.6) is 0 Å². The highest BCUT2D eigenvalue weighted by molar-refractivity contribution is 7.84. The van der Waals surface area contributed by atoms with E-state index in [-0.39, 0.29) is 0 Å². The lowest BCUT2D eigenvalue weighted by Crippen LogP contribution is -2.21. The Labute approximate surface area is 102 Å². The summed E-state index contributed by atoms with van der Waals surface area (Å²) in [5, 5.41) is 0. The van der Waals surface area contributed by atoms with Gasteiger partial charge in [0.15, 0.2) is 0 Å². The Bertz CT molecular complexity index is 240. The monoisotopic (exact) mass is 244 g/mol. The number of rotatable bonds is 6. The van der Waals surface area contributed by atoms with Gasteiger partial charge >= 0.3 is 0 Å². The molecule has 1 rings (SSSR count). The summed E-state index contributed by atoms with van der Waals surface area (Å²) >= 11 is 0. The maximum atomic E-state index is 11.5. The molecule has 3 heteroatoms. The molecule has 0 N–H and O–H groups in total. The molecule has 1 aliphatic heterocycles. The first-order valence-electron chi connectivity index (χ1n) is 6.30. The van der Waals surface area contributed by atoms with Crippen molar-refractivity contribution in [3.8, 4) is 0 Å². The fraction of sp³-hybridized carbons (Fsp3) is 0.846. The predicted octanol–water partition coefficient (Wildman–Crippen LogP) is 3.26. The number of hydrogen-bond acceptors (Lipinski definition) is 2. The molecule has 1 aliphatic rings. The van der Waals surface area contributed by atoms with Crippen LogP contribution in [-0.4, -0.2) is 22.3 Å². The highest BCUT2D eigenvalue weighted by atomic mass is 32.2. The zero-order valence-electron chi connectivity index (χ0n) is 10.4. The number of ether oxygens (including phenoxy) is 1. The van der Waals surface area contributed by atoms with E-state index in [1.54, 1.807) is 0 Å². The largest absolute Gasteiger partial charge is 0.502 e. The zero-order chi connectivity index (χ0) is 11.9. The molecule has 2 unspecified atom stereocenters. The molecule has 0 amide bonds. The average molecular weight is 244 g/mol. The summed E-state index contributed by atoms with van der Waals surface area (Å²) < 4.78 is 16.7. The fourth-order valence-electron chi connectivity index (χ4n) is 2.56. The van der Waals surface area contributed by atoms with Gasteiger partial charge in [-0.25, -0.2) is 0 Å². The summed E-state index contributed by atoms with van der Waals surface area (Å²) in [4.78, 5) is 0. The Balaban J connectivity index is 2.41. The maximum Gasteiger partial charge on any atom is 0.0873 e. The fourth-order valence-corrected chi connectivity index (χ4v) is 3.89. The van der Waals surface area contributed by atoms with Gasteiger partial charge in [-0.1, -0.05) is 19.9 Å². The van der Waals surface area contributed by atoms with Crippen molar-refractivity contribution in [1.29, 1.82) is 0 Å². The van der Waals surface area contributed by atoms with Crippen molar-refractivity contribution in [2.45, 2.75) is 45.4 Å². The van der Waals surface area contributed by atoms with Crippen molar-refractivity contribution in [3.63, 3.8) is 0 Å². The molecule has 2 nitrogen and oxygen atoms in total. The number of hydrogen-bond donors (Lipinski definition) is 0. The van der Waals surface area contributed by atoms with E-state index in [1.807, 2.05) is 0 Å². The van der Waals surface area contributed by atoms with Crippen LogP contribution in [0.25, 0.3) is 0 Å². The Hall–Kier alpha value is -0.310. The van der Waals surface area contributed by atoms with Crippen LogP contribution >= 0.6 is 0 Å². The minimum Gasteiger partial charge on any atom is -0.502 e. The van der Waals surface area contributed by atoms with Crippen LogP contribution in [0.4, 0.5) is 0 Å². The summed E-state index contributed by atoms with van der Waals surface area (Å²) in [5.74, 6) is 1.81. The molecule has 0 aromatic rings. The molecule has 94 valence electrons. The van der Waals surface area contributed by atoms with E-state index in [0.29, 0.717) is 5.41 Å². The van der Waals surface area contributed by atoms with Crippen LogP contribution < -0.4 is 0 Å². The van der Waals surface area contributed by atoms with E-state index in [9.17, 15) is 4.21 Å². The van der Waals surface area contributed by atoms with E-state index in [1.165, 1.54) is 25.5 Å². The van der Waals surface area contributed by atoms with E-state index < -0.39 is 10.8 Å². The van der Waals surface area contributed by atoms with Gasteiger partial charge in [-0.3, -0.25) is 4.21 Å². The second-order valence-corrected chi connectivity index (χ2v) is 6.39. The van der Waals surface area contributed by atoms with Gasteiger partial charge in [-0.15, -0.1) is 0 Å². The Kier molecular flexibility index (Phi) is 6.10. The maximum absolute atomic E-state index is 11.5. The van der Waals surface area contributed by atoms with Crippen molar-refractivity contribution in [2.24, 2.45) is 5.41 Å². The zero-order valence-corrected chi connectivity index (χ0v) is 11.2. The van der Waals surface area contributed by atoms with Crippen LogP contribution in [0, 0.1) is 5.41 Å². The van der Waals surface area contributed by atoms with Gasteiger partial charge in [0.1, 0.15) is 0 Å². The molecule has 0 aromatic carbocycles. The first-order valence-corrected chi connectivity index (χ1v) is 7.79. The minimum atomic E-state index is -0.562. The quantitative estimate of drug-likeness (QED) is 0.529. The normalized spacial score (nSPS) is 30.7. The topological polar surface area (TPSA) is 26.3 Å². The van der Waals surface area contributed by atoms with E-state index in [4.69, 9.17) is 4.74 Å². The minimum absolute atomic E-state index is 0.427. The lowest BCUT2D eigenvalue weighted by Gasteiger charge is -2.31. The van der Waals surface area contributed by atoms with Crippen LogP contribution in [-0.2, 0) is 15.5 Å². The van der Waals surface area contributed by atoms with Crippen LogP contribution in [0.2, 0.25) is 0 Å². The Morgan fingerprint density at radius 2 is 2.25 bits per heavy atom. The SMILES string of the molecule is C=COCCCC1(CC)CCCS(=O)CC1. The van der Waals surface area contributed by atoms with Gasteiger partial charge in [0.05, 0.1) is 12.9 Å². The molecule has 1 heterocycles. The Morgan fingerprint density at radius 3 is 2.94 bits per heavy atom. The molecule has 2 atom stereocenters. The van der Waals surface area contributed by atoms with Crippen molar-refractivity contribution >= 4 is 10.8 Å². The van der Waals surface area contributed by atoms with Crippen LogP contribution in [0.3, 0.4) is 0 Å². The first kappa shape index (κ1) is 13.8. The molecule has 16 heavy (non-hydrogen) atoms. The summed E-state index contributed by atoms with van der Waals surface area (Å²) in [6, 6.07) is 0. The molecule has 1 saturated heterocycles. The van der Waals surface area contributed by atoms with Gasteiger partial charge in [0, 0.05) is 22.3 Å². The third-order valence-electron chi connectivity index (χ3n) is 3.78. The highest BCUT2D eigenvalue weighted by Crippen LogP contribution is 2.39. The molecule has 0 saturated carbocycles. The molecular weight excluding hydrogens is 220 g/mol. The van der Waals surface area contributed by atoms with Crippen molar-refractivity contribution < 1.29 is 8.95 Å². The van der Waals surface area contributed by atoms with Crippen LogP contribution in [0.1, 0.15) is 45.4 Å². The van der Waals surface area contributed by atoms with Crippen molar-refractivity contribution in [2.75, 3.05) is 18.1 Å². The molecule has 0 bridgehead atoms. The van der Waals surface area contributed by atoms with Gasteiger partial charge in [-0.2, -0.15) is 0 Å². The second-order valence-electron chi connectivity index (χ2n) is 4.70. The predicted molar refractivity (Wildman–Crippen MR) is 69.8 cm³/mol. The molecular formula is C13H24O2S. The van der Waals surface area contributed by atoms with E-state index >= 15 is 0 Å². The van der Waals surface area contributed by atoms with Crippen LogP contribution in [0.15, 0.2) is 12.8 Å². The van der Waals surface area contributed by atoms with E-state index in [2.05, 4.69) is 13.5 Å². The average Bonchev–Trinajstić information content (AvgIpc) is 2.48. The molecule has 0 radical (unpaired) electrons. The summed E-state index contributed by atoms with van der Waals surface area (Å²) in [7, 11) is -0.562. The standard InChI is InChI=1S/C13H24O2S/c1-3-13(7-5-10-15-4-2)8-6-11-16(14)12-9-13/h4H,2-3,5-12H2,1H3. The van der Waals surface area contributed by atoms with Crippen molar-refractivity contribution in [1.82, 2.24) is 0 Å². The molecule has 0 aliphatic carbocycles. The second kappa shape index (κ2) is 7.10. The highest BCUT2D eigenvalue weighted by Gasteiger charge is 2.30. The van der Waals surface area contributed by atoms with E-state index in [0.717, 1.165) is 37.4 Å². The first-order chi connectivity index (χ1) is 7.72. The smallest absolute Gasteiger partial charge is 0.0873 e. The lowest BCUT2D eigenvalue weighted by atomic mass is 9.75.